The number of carbonyl (C=O) groups excluding carboxylic acids is 2. The van der Waals surface area contributed by atoms with Crippen LogP contribution in [0.2, 0.25) is 0 Å². The van der Waals surface area contributed by atoms with Crippen molar-refractivity contribution in [2.75, 3.05) is 5.73 Å². The van der Waals surface area contributed by atoms with E-state index in [1.54, 1.807) is 12.1 Å². The molecular formula is C19H21N3O2. The van der Waals surface area contributed by atoms with Crippen LogP contribution in [0.25, 0.3) is 0 Å². The van der Waals surface area contributed by atoms with Gasteiger partial charge in [0.25, 0.3) is 5.91 Å². The number of carbonyl (C=O) groups is 2. The van der Waals surface area contributed by atoms with E-state index < -0.39 is 6.04 Å². The van der Waals surface area contributed by atoms with Crippen molar-refractivity contribution in [1.29, 1.82) is 0 Å². The van der Waals surface area contributed by atoms with Gasteiger partial charge in [0.2, 0.25) is 0 Å². The zero-order valence-electron chi connectivity index (χ0n) is 13.8. The molecule has 0 saturated carbocycles. The zero-order chi connectivity index (χ0) is 17.3. The van der Waals surface area contributed by atoms with Gasteiger partial charge in [-0.15, -0.1) is 0 Å². The highest BCUT2D eigenvalue weighted by molar-refractivity contribution is 6.04. The van der Waals surface area contributed by atoms with Gasteiger partial charge in [-0.25, -0.2) is 4.79 Å². The Bertz CT molecular complexity index is 751. The summed E-state index contributed by atoms with van der Waals surface area (Å²) in [6, 6.07) is 14.0. The lowest BCUT2D eigenvalue weighted by atomic mass is 9.99. The highest BCUT2D eigenvalue weighted by Crippen LogP contribution is 2.25. The molecule has 2 aromatic carbocycles. The SMILES string of the molecule is CC(C)c1ccc(C2NC(=O)N(Cc3ccc(N)cc3)C2=O)cc1. The summed E-state index contributed by atoms with van der Waals surface area (Å²) in [6.07, 6.45) is 0. The normalized spacial score (nSPS) is 17.5. The van der Waals surface area contributed by atoms with Gasteiger partial charge < -0.3 is 11.1 Å². The van der Waals surface area contributed by atoms with Crippen LogP contribution in [0.15, 0.2) is 48.5 Å². The van der Waals surface area contributed by atoms with E-state index in [4.69, 9.17) is 5.73 Å². The maximum Gasteiger partial charge on any atom is 0.325 e. The fourth-order valence-electron chi connectivity index (χ4n) is 2.77. The van der Waals surface area contributed by atoms with Crippen molar-refractivity contribution in [3.8, 4) is 0 Å². The first-order chi connectivity index (χ1) is 11.5. The number of anilines is 1. The lowest BCUT2D eigenvalue weighted by Gasteiger charge is -2.14. The number of urea groups is 1. The smallest absolute Gasteiger partial charge is 0.325 e. The summed E-state index contributed by atoms with van der Waals surface area (Å²) >= 11 is 0. The third-order valence-corrected chi connectivity index (χ3v) is 4.28. The second kappa shape index (κ2) is 6.35. The lowest BCUT2D eigenvalue weighted by Crippen LogP contribution is -2.30. The van der Waals surface area contributed by atoms with E-state index in [1.807, 2.05) is 36.4 Å². The Kier molecular flexibility index (Phi) is 4.25. The molecule has 1 aliphatic rings. The summed E-state index contributed by atoms with van der Waals surface area (Å²) in [7, 11) is 0. The summed E-state index contributed by atoms with van der Waals surface area (Å²) in [6.45, 7) is 4.48. The molecule has 0 radical (unpaired) electrons. The number of benzene rings is 2. The molecule has 1 saturated heterocycles. The molecule has 24 heavy (non-hydrogen) atoms. The van der Waals surface area contributed by atoms with Gasteiger partial charge in [0, 0.05) is 5.69 Å². The Balaban J connectivity index is 1.77. The minimum absolute atomic E-state index is 0.228. The molecule has 3 amide bonds. The van der Waals surface area contributed by atoms with E-state index >= 15 is 0 Å². The zero-order valence-corrected chi connectivity index (χ0v) is 13.8. The molecule has 1 fully saturated rings. The maximum atomic E-state index is 12.6. The van der Waals surface area contributed by atoms with Gasteiger partial charge in [0.05, 0.1) is 6.54 Å². The van der Waals surface area contributed by atoms with Crippen LogP contribution in [0.4, 0.5) is 10.5 Å². The van der Waals surface area contributed by atoms with Gasteiger partial charge in [-0.3, -0.25) is 9.69 Å². The third kappa shape index (κ3) is 3.11. The van der Waals surface area contributed by atoms with Gasteiger partial charge in [-0.2, -0.15) is 0 Å². The molecule has 1 heterocycles. The molecule has 1 aliphatic heterocycles. The van der Waals surface area contributed by atoms with Crippen molar-refractivity contribution >= 4 is 17.6 Å². The number of hydrogen-bond acceptors (Lipinski definition) is 3. The Morgan fingerprint density at radius 2 is 1.67 bits per heavy atom. The molecule has 0 bridgehead atoms. The van der Waals surface area contributed by atoms with Crippen LogP contribution in [0.3, 0.4) is 0 Å². The molecule has 0 aromatic heterocycles. The molecule has 3 N–H and O–H groups in total. The Morgan fingerprint density at radius 3 is 2.25 bits per heavy atom. The van der Waals surface area contributed by atoms with E-state index in [2.05, 4.69) is 19.2 Å². The van der Waals surface area contributed by atoms with E-state index in [9.17, 15) is 9.59 Å². The predicted octanol–water partition coefficient (Wildman–Crippen LogP) is 3.19. The highest BCUT2D eigenvalue weighted by Gasteiger charge is 2.38. The first-order valence-electron chi connectivity index (χ1n) is 8.02. The largest absolute Gasteiger partial charge is 0.399 e. The second-order valence-corrected chi connectivity index (χ2v) is 6.37. The number of hydrogen-bond donors (Lipinski definition) is 2. The molecule has 5 heteroatoms. The highest BCUT2D eigenvalue weighted by atomic mass is 16.2. The fourth-order valence-corrected chi connectivity index (χ4v) is 2.77. The first kappa shape index (κ1) is 16.1. The minimum Gasteiger partial charge on any atom is -0.399 e. The molecule has 0 aliphatic carbocycles. The van der Waals surface area contributed by atoms with Crippen LogP contribution >= 0.6 is 0 Å². The molecule has 124 valence electrons. The van der Waals surface area contributed by atoms with E-state index in [0.29, 0.717) is 11.6 Å². The van der Waals surface area contributed by atoms with Crippen LogP contribution in [0, 0.1) is 0 Å². The van der Waals surface area contributed by atoms with Gasteiger partial charge in [-0.1, -0.05) is 50.2 Å². The summed E-state index contributed by atoms with van der Waals surface area (Å²) in [5.74, 6) is 0.198. The van der Waals surface area contributed by atoms with Gasteiger partial charge in [0.1, 0.15) is 6.04 Å². The molecule has 0 spiro atoms. The number of nitrogens with zero attached hydrogens (tertiary/aromatic N) is 1. The lowest BCUT2D eigenvalue weighted by molar-refractivity contribution is -0.128. The standard InChI is InChI=1S/C19H21N3O2/c1-12(2)14-5-7-15(8-6-14)17-18(23)22(19(24)21-17)11-13-3-9-16(20)10-4-13/h3-10,12,17H,11,20H2,1-2H3,(H,21,24). The summed E-state index contributed by atoms with van der Waals surface area (Å²) in [5.41, 5.74) is 9.18. The van der Waals surface area contributed by atoms with E-state index in [0.717, 1.165) is 11.1 Å². The van der Waals surface area contributed by atoms with Crippen molar-refractivity contribution in [3.63, 3.8) is 0 Å². The van der Waals surface area contributed by atoms with Crippen molar-refractivity contribution < 1.29 is 9.59 Å². The Hall–Kier alpha value is -2.82. The number of nitrogens with two attached hydrogens (primary N) is 1. The topological polar surface area (TPSA) is 75.4 Å². The summed E-state index contributed by atoms with van der Waals surface area (Å²) in [5, 5.41) is 2.76. The van der Waals surface area contributed by atoms with E-state index in [1.165, 1.54) is 10.5 Å². The average Bonchev–Trinajstić information content (AvgIpc) is 2.85. The van der Waals surface area contributed by atoms with Crippen molar-refractivity contribution in [2.24, 2.45) is 0 Å². The third-order valence-electron chi connectivity index (χ3n) is 4.28. The minimum atomic E-state index is -0.618. The molecule has 3 rings (SSSR count). The predicted molar refractivity (Wildman–Crippen MR) is 93.2 cm³/mol. The van der Waals surface area contributed by atoms with Crippen molar-refractivity contribution in [1.82, 2.24) is 10.2 Å². The number of amides is 3. The van der Waals surface area contributed by atoms with Crippen LogP contribution in [-0.4, -0.2) is 16.8 Å². The van der Waals surface area contributed by atoms with Crippen LogP contribution in [0.5, 0.6) is 0 Å². The maximum absolute atomic E-state index is 12.6. The Morgan fingerprint density at radius 1 is 1.04 bits per heavy atom. The van der Waals surface area contributed by atoms with E-state index in [-0.39, 0.29) is 18.5 Å². The van der Waals surface area contributed by atoms with Crippen molar-refractivity contribution in [3.05, 3.63) is 65.2 Å². The fraction of sp³-hybridized carbons (Fsp3) is 0.263. The second-order valence-electron chi connectivity index (χ2n) is 6.37. The quantitative estimate of drug-likeness (QED) is 0.670. The monoisotopic (exact) mass is 323 g/mol. The average molecular weight is 323 g/mol. The van der Waals surface area contributed by atoms with Gasteiger partial charge in [0.15, 0.2) is 0 Å². The van der Waals surface area contributed by atoms with Crippen LogP contribution in [-0.2, 0) is 11.3 Å². The molecule has 5 nitrogen and oxygen atoms in total. The Labute approximate surface area is 141 Å². The first-order valence-corrected chi connectivity index (χ1v) is 8.02. The summed E-state index contributed by atoms with van der Waals surface area (Å²) in [4.78, 5) is 26.1. The van der Waals surface area contributed by atoms with Crippen molar-refractivity contribution in [2.45, 2.75) is 32.4 Å². The van der Waals surface area contributed by atoms with Gasteiger partial charge >= 0.3 is 6.03 Å². The molecule has 1 unspecified atom stereocenters. The number of nitrogen functional groups attached to an aromatic ring is 1. The number of imide groups is 1. The number of nitrogens with one attached hydrogen (secondary N) is 1. The van der Waals surface area contributed by atoms with Crippen LogP contribution < -0.4 is 11.1 Å². The molecule has 2 aromatic rings. The molecular weight excluding hydrogens is 302 g/mol. The van der Waals surface area contributed by atoms with Crippen LogP contribution in [0.1, 0.15) is 42.5 Å². The molecule has 1 atom stereocenters. The van der Waals surface area contributed by atoms with Gasteiger partial charge in [-0.05, 0) is 34.7 Å². The number of rotatable bonds is 4. The summed E-state index contributed by atoms with van der Waals surface area (Å²) < 4.78 is 0.